The Hall–Kier alpha value is -3.41. The lowest BCUT2D eigenvalue weighted by Gasteiger charge is -2.26. The van der Waals surface area contributed by atoms with E-state index in [2.05, 4.69) is 10.4 Å². The Morgan fingerprint density at radius 2 is 1.67 bits per heavy atom. The van der Waals surface area contributed by atoms with E-state index in [9.17, 15) is 9.59 Å². The molecule has 0 radical (unpaired) electrons. The van der Waals surface area contributed by atoms with Crippen LogP contribution in [0.15, 0.2) is 60.7 Å². The summed E-state index contributed by atoms with van der Waals surface area (Å²) < 4.78 is 1.76. The molecule has 0 saturated carbocycles. The third kappa shape index (κ3) is 4.43. The second kappa shape index (κ2) is 8.95. The van der Waals surface area contributed by atoms with Crippen LogP contribution in [0.4, 0.5) is 0 Å². The SMILES string of the molecule is Cc1cc(C(=O)NCc2ccc(C(=O)N3CCCCC3)cc2)nn1-c1ccccc1. The van der Waals surface area contributed by atoms with Gasteiger partial charge in [-0.3, -0.25) is 9.59 Å². The van der Waals surface area contributed by atoms with Crippen LogP contribution in [0.25, 0.3) is 5.69 Å². The maximum absolute atomic E-state index is 12.6. The summed E-state index contributed by atoms with van der Waals surface area (Å²) in [6.07, 6.45) is 3.36. The third-order valence-electron chi connectivity index (χ3n) is 5.42. The van der Waals surface area contributed by atoms with E-state index in [0.29, 0.717) is 17.8 Å². The molecule has 2 heterocycles. The van der Waals surface area contributed by atoms with E-state index in [1.807, 2.05) is 66.4 Å². The predicted octanol–water partition coefficient (Wildman–Crippen LogP) is 3.74. The Morgan fingerprint density at radius 3 is 2.37 bits per heavy atom. The van der Waals surface area contributed by atoms with Crippen LogP contribution in [0.5, 0.6) is 0 Å². The van der Waals surface area contributed by atoms with Crippen molar-refractivity contribution < 1.29 is 9.59 Å². The molecule has 1 fully saturated rings. The van der Waals surface area contributed by atoms with Crippen molar-refractivity contribution in [3.63, 3.8) is 0 Å². The first-order chi connectivity index (χ1) is 14.6. The number of carbonyl (C=O) groups is 2. The summed E-state index contributed by atoms with van der Waals surface area (Å²) in [5.74, 6) is -0.131. The lowest BCUT2D eigenvalue weighted by Crippen LogP contribution is -2.35. The van der Waals surface area contributed by atoms with Gasteiger partial charge in [0.2, 0.25) is 0 Å². The van der Waals surface area contributed by atoms with Gasteiger partial charge in [-0.1, -0.05) is 30.3 Å². The summed E-state index contributed by atoms with van der Waals surface area (Å²) in [6.45, 7) is 3.99. The Labute approximate surface area is 176 Å². The van der Waals surface area contributed by atoms with E-state index in [0.717, 1.165) is 42.9 Å². The van der Waals surface area contributed by atoms with Crippen LogP contribution >= 0.6 is 0 Å². The largest absolute Gasteiger partial charge is 0.347 e. The summed E-state index contributed by atoms with van der Waals surface area (Å²) in [7, 11) is 0. The third-order valence-corrected chi connectivity index (χ3v) is 5.42. The number of aryl methyl sites for hydroxylation is 1. The Morgan fingerprint density at radius 1 is 0.967 bits per heavy atom. The van der Waals surface area contributed by atoms with Gasteiger partial charge in [0.05, 0.1) is 5.69 Å². The molecule has 1 N–H and O–H groups in total. The number of benzene rings is 2. The molecule has 6 nitrogen and oxygen atoms in total. The van der Waals surface area contributed by atoms with Crippen LogP contribution in [0.1, 0.15) is 51.4 Å². The minimum absolute atomic E-state index is 0.0900. The van der Waals surface area contributed by atoms with Crippen molar-refractivity contribution in [1.82, 2.24) is 20.0 Å². The van der Waals surface area contributed by atoms with Gasteiger partial charge >= 0.3 is 0 Å². The number of hydrogen-bond donors (Lipinski definition) is 1. The van der Waals surface area contributed by atoms with Gasteiger partial charge in [0.15, 0.2) is 5.69 Å². The molecule has 0 aliphatic carbocycles. The van der Waals surface area contributed by atoms with E-state index < -0.39 is 0 Å². The van der Waals surface area contributed by atoms with Gasteiger partial charge in [0.1, 0.15) is 0 Å². The molecule has 0 bridgehead atoms. The smallest absolute Gasteiger partial charge is 0.272 e. The number of aromatic nitrogens is 2. The average molecular weight is 402 g/mol. The molecular weight excluding hydrogens is 376 g/mol. The van der Waals surface area contributed by atoms with Crippen molar-refractivity contribution in [3.8, 4) is 5.69 Å². The van der Waals surface area contributed by atoms with Crippen LogP contribution in [0, 0.1) is 6.92 Å². The zero-order chi connectivity index (χ0) is 20.9. The molecule has 6 heteroatoms. The zero-order valence-corrected chi connectivity index (χ0v) is 17.2. The molecule has 0 unspecified atom stereocenters. The molecule has 3 aromatic rings. The van der Waals surface area contributed by atoms with Gasteiger partial charge in [0, 0.05) is 30.9 Å². The molecule has 1 saturated heterocycles. The summed E-state index contributed by atoms with van der Waals surface area (Å²) in [5, 5.41) is 7.34. The van der Waals surface area contributed by atoms with Gasteiger partial charge < -0.3 is 10.2 Å². The second-order valence-corrected chi connectivity index (χ2v) is 7.65. The highest BCUT2D eigenvalue weighted by Crippen LogP contribution is 2.15. The summed E-state index contributed by atoms with van der Waals surface area (Å²) in [5.41, 5.74) is 3.84. The molecular formula is C24H26N4O2. The van der Waals surface area contributed by atoms with E-state index in [-0.39, 0.29) is 11.8 Å². The van der Waals surface area contributed by atoms with Crippen molar-refractivity contribution in [2.45, 2.75) is 32.7 Å². The standard InChI is InChI=1S/C24H26N4O2/c1-18-16-22(26-28(18)21-8-4-2-5-9-21)23(29)25-17-19-10-12-20(13-11-19)24(30)27-14-6-3-7-15-27/h2,4-5,8-13,16H,3,6-7,14-15,17H2,1H3,(H,25,29). The Kier molecular flexibility index (Phi) is 5.93. The van der Waals surface area contributed by atoms with Gasteiger partial charge in [-0.15, -0.1) is 0 Å². The lowest BCUT2D eigenvalue weighted by molar-refractivity contribution is 0.0724. The van der Waals surface area contributed by atoms with Crippen LogP contribution in [0.3, 0.4) is 0 Å². The van der Waals surface area contributed by atoms with E-state index >= 15 is 0 Å². The average Bonchev–Trinajstić information content (AvgIpc) is 3.20. The van der Waals surface area contributed by atoms with Crippen molar-refractivity contribution in [2.24, 2.45) is 0 Å². The van der Waals surface area contributed by atoms with Crippen LogP contribution in [-0.2, 0) is 6.54 Å². The fourth-order valence-electron chi connectivity index (χ4n) is 3.73. The number of carbonyl (C=O) groups excluding carboxylic acids is 2. The van der Waals surface area contributed by atoms with Crippen LogP contribution < -0.4 is 5.32 Å². The van der Waals surface area contributed by atoms with Crippen LogP contribution in [-0.4, -0.2) is 39.6 Å². The molecule has 1 aromatic heterocycles. The molecule has 4 rings (SSSR count). The monoisotopic (exact) mass is 402 g/mol. The van der Waals surface area contributed by atoms with Gasteiger partial charge in [-0.2, -0.15) is 5.10 Å². The van der Waals surface area contributed by atoms with E-state index in [4.69, 9.17) is 0 Å². The highest BCUT2D eigenvalue weighted by Gasteiger charge is 2.18. The summed E-state index contributed by atoms with van der Waals surface area (Å²) in [6, 6.07) is 19.0. The number of piperidine rings is 1. The number of hydrogen-bond acceptors (Lipinski definition) is 3. The molecule has 0 spiro atoms. The maximum Gasteiger partial charge on any atom is 0.272 e. The normalized spacial score (nSPS) is 13.8. The Bertz CT molecular complexity index is 1020. The summed E-state index contributed by atoms with van der Waals surface area (Å²) >= 11 is 0. The molecule has 154 valence electrons. The van der Waals surface area contributed by atoms with Gasteiger partial charge in [-0.05, 0) is 62.1 Å². The minimum Gasteiger partial charge on any atom is -0.347 e. The van der Waals surface area contributed by atoms with E-state index in [1.54, 1.807) is 10.7 Å². The Balaban J connectivity index is 1.37. The summed E-state index contributed by atoms with van der Waals surface area (Å²) in [4.78, 5) is 27.0. The highest BCUT2D eigenvalue weighted by atomic mass is 16.2. The van der Waals surface area contributed by atoms with Gasteiger partial charge in [-0.25, -0.2) is 4.68 Å². The first-order valence-corrected chi connectivity index (χ1v) is 10.4. The number of amides is 2. The molecule has 30 heavy (non-hydrogen) atoms. The molecule has 0 atom stereocenters. The molecule has 1 aliphatic rings. The fourth-order valence-corrected chi connectivity index (χ4v) is 3.73. The van der Waals surface area contributed by atoms with Gasteiger partial charge in [0.25, 0.3) is 11.8 Å². The molecule has 2 aromatic carbocycles. The van der Waals surface area contributed by atoms with Crippen molar-refractivity contribution in [2.75, 3.05) is 13.1 Å². The minimum atomic E-state index is -0.221. The lowest BCUT2D eigenvalue weighted by atomic mass is 10.1. The first-order valence-electron chi connectivity index (χ1n) is 10.4. The van der Waals surface area contributed by atoms with Crippen molar-refractivity contribution in [3.05, 3.63) is 83.2 Å². The van der Waals surface area contributed by atoms with E-state index in [1.165, 1.54) is 6.42 Å². The zero-order valence-electron chi connectivity index (χ0n) is 17.2. The topological polar surface area (TPSA) is 67.2 Å². The van der Waals surface area contributed by atoms with Crippen LogP contribution in [0.2, 0.25) is 0 Å². The maximum atomic E-state index is 12.6. The second-order valence-electron chi connectivity index (χ2n) is 7.65. The van der Waals surface area contributed by atoms with Crippen molar-refractivity contribution >= 4 is 11.8 Å². The molecule has 2 amide bonds. The fraction of sp³-hybridized carbons (Fsp3) is 0.292. The number of nitrogens with zero attached hydrogens (tertiary/aromatic N) is 3. The first kappa shape index (κ1) is 19.9. The van der Waals surface area contributed by atoms with Crippen molar-refractivity contribution in [1.29, 1.82) is 0 Å². The number of rotatable bonds is 5. The number of nitrogens with one attached hydrogen (secondary N) is 1. The predicted molar refractivity (Wildman–Crippen MR) is 116 cm³/mol. The number of para-hydroxylation sites is 1. The highest BCUT2D eigenvalue weighted by molar-refractivity contribution is 5.94. The quantitative estimate of drug-likeness (QED) is 0.707. The number of likely N-dealkylation sites (tertiary alicyclic amines) is 1. The molecule has 1 aliphatic heterocycles.